The van der Waals surface area contributed by atoms with Crippen molar-refractivity contribution in [2.24, 2.45) is 5.92 Å². The smallest absolute Gasteiger partial charge is 0.408 e. The van der Waals surface area contributed by atoms with Gasteiger partial charge in [-0.1, -0.05) is 44.2 Å². The second kappa shape index (κ2) is 11.5. The van der Waals surface area contributed by atoms with Crippen molar-refractivity contribution in [1.82, 2.24) is 20.9 Å². The van der Waals surface area contributed by atoms with Gasteiger partial charge in [-0.05, 0) is 31.4 Å². The van der Waals surface area contributed by atoms with Gasteiger partial charge in [0.05, 0.1) is 12.1 Å². The van der Waals surface area contributed by atoms with Crippen molar-refractivity contribution >= 4 is 17.9 Å². The van der Waals surface area contributed by atoms with Crippen LogP contribution in [0.25, 0.3) is 0 Å². The Morgan fingerprint density at radius 3 is 2.56 bits per heavy atom. The highest BCUT2D eigenvalue weighted by atomic mass is 16.6. The number of carbonyl (C=O) groups excluding carboxylic acids is 3. The molecule has 9 nitrogen and oxygen atoms in total. The average molecular weight is 444 g/mol. The largest absolute Gasteiger partial charge is 0.436 e. The van der Waals surface area contributed by atoms with E-state index >= 15 is 0 Å². The molecule has 1 saturated heterocycles. The minimum absolute atomic E-state index is 0.0850. The maximum absolute atomic E-state index is 13.1. The summed E-state index contributed by atoms with van der Waals surface area (Å²) in [6.07, 6.45) is -0.917. The SMILES string of the molecule is CNC(=O)C1CC(C#N)(NC(=O)C(CC(C)C)OC(=O)NCc2ccccc2)CCN1C. The molecule has 9 heteroatoms. The number of amides is 3. The minimum atomic E-state index is -1.21. The number of hydrogen-bond donors (Lipinski definition) is 3. The van der Waals surface area contributed by atoms with Crippen molar-refractivity contribution in [1.29, 1.82) is 5.26 Å². The fourth-order valence-electron chi connectivity index (χ4n) is 3.71. The van der Waals surface area contributed by atoms with Crippen LogP contribution in [0.1, 0.15) is 38.7 Å². The Hall–Kier alpha value is -3.12. The third-order valence-corrected chi connectivity index (χ3v) is 5.60. The molecule has 0 bridgehead atoms. The van der Waals surface area contributed by atoms with Gasteiger partial charge in [-0.15, -0.1) is 0 Å². The van der Waals surface area contributed by atoms with Gasteiger partial charge in [0, 0.05) is 26.6 Å². The molecule has 174 valence electrons. The maximum atomic E-state index is 13.1. The molecule has 3 amide bonds. The normalized spacial score (nSPS) is 21.8. The molecule has 1 aromatic rings. The van der Waals surface area contributed by atoms with Crippen LogP contribution in [-0.2, 0) is 20.9 Å². The Morgan fingerprint density at radius 2 is 1.97 bits per heavy atom. The third kappa shape index (κ3) is 6.95. The zero-order valence-electron chi connectivity index (χ0n) is 19.2. The molecule has 2 rings (SSSR count). The number of carbonyl (C=O) groups is 3. The third-order valence-electron chi connectivity index (χ3n) is 5.60. The number of hydrogen-bond acceptors (Lipinski definition) is 6. The number of nitriles is 1. The quantitative estimate of drug-likeness (QED) is 0.560. The topological polar surface area (TPSA) is 124 Å². The summed E-state index contributed by atoms with van der Waals surface area (Å²) in [7, 11) is 3.35. The zero-order valence-corrected chi connectivity index (χ0v) is 19.2. The van der Waals surface area contributed by atoms with Crippen LogP contribution in [-0.4, -0.2) is 61.1 Å². The lowest BCUT2D eigenvalue weighted by Gasteiger charge is -2.41. The first-order chi connectivity index (χ1) is 15.2. The van der Waals surface area contributed by atoms with Crippen LogP contribution in [0.2, 0.25) is 0 Å². The molecule has 1 aliphatic rings. The van der Waals surface area contributed by atoms with Crippen molar-refractivity contribution in [2.45, 2.75) is 57.3 Å². The molecule has 0 radical (unpaired) electrons. The number of nitrogens with one attached hydrogen (secondary N) is 3. The van der Waals surface area contributed by atoms with Gasteiger partial charge in [0.15, 0.2) is 6.10 Å². The second-order valence-corrected chi connectivity index (χ2v) is 8.61. The molecule has 0 saturated carbocycles. The predicted molar refractivity (Wildman–Crippen MR) is 119 cm³/mol. The number of likely N-dealkylation sites (N-methyl/N-ethyl adjacent to an activating group) is 2. The molecule has 0 aromatic heterocycles. The van der Waals surface area contributed by atoms with Gasteiger partial charge in [-0.25, -0.2) is 4.79 Å². The van der Waals surface area contributed by atoms with E-state index in [1.54, 1.807) is 0 Å². The summed E-state index contributed by atoms with van der Waals surface area (Å²) in [5.41, 5.74) is -0.302. The van der Waals surface area contributed by atoms with Gasteiger partial charge in [-0.2, -0.15) is 5.26 Å². The Kier molecular flexibility index (Phi) is 9.02. The summed E-state index contributed by atoms with van der Waals surface area (Å²) in [4.78, 5) is 39.5. The van der Waals surface area contributed by atoms with E-state index in [2.05, 4.69) is 22.0 Å². The monoisotopic (exact) mass is 443 g/mol. The Balaban J connectivity index is 2.06. The van der Waals surface area contributed by atoms with E-state index in [1.807, 2.05) is 56.1 Å². The molecule has 32 heavy (non-hydrogen) atoms. The Morgan fingerprint density at radius 1 is 1.28 bits per heavy atom. The molecular weight excluding hydrogens is 410 g/mol. The molecule has 1 aliphatic heterocycles. The molecule has 3 N–H and O–H groups in total. The van der Waals surface area contributed by atoms with Gasteiger partial charge < -0.3 is 20.7 Å². The van der Waals surface area contributed by atoms with Gasteiger partial charge >= 0.3 is 6.09 Å². The number of likely N-dealkylation sites (tertiary alicyclic amines) is 1. The summed E-state index contributed by atoms with van der Waals surface area (Å²) in [6.45, 7) is 4.59. The van der Waals surface area contributed by atoms with E-state index in [9.17, 15) is 19.6 Å². The molecule has 1 aromatic carbocycles. The lowest BCUT2D eigenvalue weighted by Crippen LogP contribution is -2.61. The molecule has 0 spiro atoms. The lowest BCUT2D eigenvalue weighted by atomic mass is 9.83. The van der Waals surface area contributed by atoms with Crippen LogP contribution in [0, 0.1) is 17.2 Å². The van der Waals surface area contributed by atoms with E-state index in [1.165, 1.54) is 7.05 Å². The Bertz CT molecular complexity index is 839. The van der Waals surface area contributed by atoms with Crippen molar-refractivity contribution in [3.63, 3.8) is 0 Å². The highest BCUT2D eigenvalue weighted by Gasteiger charge is 2.44. The van der Waals surface area contributed by atoms with Gasteiger partial charge in [-0.3, -0.25) is 14.5 Å². The van der Waals surface area contributed by atoms with E-state index in [0.29, 0.717) is 19.4 Å². The first-order valence-electron chi connectivity index (χ1n) is 10.8. The van der Waals surface area contributed by atoms with Crippen LogP contribution < -0.4 is 16.0 Å². The fourth-order valence-corrected chi connectivity index (χ4v) is 3.71. The standard InChI is InChI=1S/C23H33N5O4/c1-16(2)12-19(32-22(31)26-14-17-8-6-5-7-9-17)21(30)27-23(15-24)10-11-28(4)18(13-23)20(29)25-3/h5-9,16,18-19H,10-14H2,1-4H3,(H,25,29)(H,26,31)(H,27,30). The summed E-state index contributed by atoms with van der Waals surface area (Å²) in [5.74, 6) is -0.659. The predicted octanol–water partition coefficient (Wildman–Crippen LogP) is 1.55. The summed E-state index contributed by atoms with van der Waals surface area (Å²) >= 11 is 0. The first kappa shape index (κ1) is 25.1. The maximum Gasteiger partial charge on any atom is 0.408 e. The average Bonchev–Trinajstić information content (AvgIpc) is 2.78. The van der Waals surface area contributed by atoms with Crippen molar-refractivity contribution in [3.05, 3.63) is 35.9 Å². The van der Waals surface area contributed by atoms with Crippen LogP contribution in [0.3, 0.4) is 0 Å². The highest BCUT2D eigenvalue weighted by Crippen LogP contribution is 2.26. The van der Waals surface area contributed by atoms with E-state index in [0.717, 1.165) is 5.56 Å². The number of rotatable bonds is 8. The minimum Gasteiger partial charge on any atom is -0.436 e. The van der Waals surface area contributed by atoms with Gasteiger partial charge in [0.25, 0.3) is 5.91 Å². The van der Waals surface area contributed by atoms with Crippen LogP contribution in [0.5, 0.6) is 0 Å². The van der Waals surface area contributed by atoms with Crippen LogP contribution >= 0.6 is 0 Å². The zero-order chi connectivity index (χ0) is 23.7. The number of ether oxygens (including phenoxy) is 1. The van der Waals surface area contributed by atoms with Crippen molar-refractivity contribution < 1.29 is 19.1 Å². The molecule has 1 fully saturated rings. The molecule has 0 aliphatic carbocycles. The molecule has 3 unspecified atom stereocenters. The van der Waals surface area contributed by atoms with E-state index < -0.39 is 29.7 Å². The van der Waals surface area contributed by atoms with Crippen LogP contribution in [0.4, 0.5) is 4.79 Å². The van der Waals surface area contributed by atoms with Crippen molar-refractivity contribution in [2.75, 3.05) is 20.6 Å². The van der Waals surface area contributed by atoms with E-state index in [-0.39, 0.29) is 24.8 Å². The van der Waals surface area contributed by atoms with Gasteiger partial charge in [0.1, 0.15) is 5.54 Å². The number of nitrogens with zero attached hydrogens (tertiary/aromatic N) is 2. The molecule has 1 heterocycles. The van der Waals surface area contributed by atoms with Crippen molar-refractivity contribution in [3.8, 4) is 6.07 Å². The highest BCUT2D eigenvalue weighted by molar-refractivity contribution is 5.85. The van der Waals surface area contributed by atoms with Gasteiger partial charge in [0.2, 0.25) is 5.91 Å². The lowest BCUT2D eigenvalue weighted by molar-refractivity contribution is -0.134. The number of alkyl carbamates (subject to hydrolysis) is 1. The van der Waals surface area contributed by atoms with E-state index in [4.69, 9.17) is 4.74 Å². The molecular formula is C23H33N5O4. The number of piperidine rings is 1. The van der Waals surface area contributed by atoms with Crippen LogP contribution in [0.15, 0.2) is 30.3 Å². The Labute approximate surface area is 189 Å². The summed E-state index contributed by atoms with van der Waals surface area (Å²) in [6, 6.07) is 11.0. The second-order valence-electron chi connectivity index (χ2n) is 8.61. The summed E-state index contributed by atoms with van der Waals surface area (Å²) < 4.78 is 5.43. The first-order valence-corrected chi connectivity index (χ1v) is 10.8. The fraction of sp³-hybridized carbons (Fsp3) is 0.565. The number of benzene rings is 1. The summed E-state index contributed by atoms with van der Waals surface area (Å²) in [5, 5.41) is 17.9. The molecule has 3 atom stereocenters.